The monoisotopic (exact) mass is 297 g/mol. The Balaban J connectivity index is 1.99. The van der Waals surface area contributed by atoms with E-state index in [-0.39, 0.29) is 5.95 Å². The topological polar surface area (TPSA) is 95.7 Å². The van der Waals surface area contributed by atoms with Gasteiger partial charge in [0.1, 0.15) is 11.5 Å². The second-order valence-electron chi connectivity index (χ2n) is 5.33. The van der Waals surface area contributed by atoms with Gasteiger partial charge in [-0.1, -0.05) is 0 Å². The molecule has 22 heavy (non-hydrogen) atoms. The van der Waals surface area contributed by atoms with E-state index in [4.69, 9.17) is 5.73 Å². The fourth-order valence-electron chi connectivity index (χ4n) is 2.27. The van der Waals surface area contributed by atoms with Gasteiger partial charge in [0.05, 0.1) is 5.69 Å². The van der Waals surface area contributed by atoms with Crippen LogP contribution in [0.1, 0.15) is 0 Å². The van der Waals surface area contributed by atoms with Crippen molar-refractivity contribution >= 4 is 22.8 Å². The number of anilines is 2. The van der Waals surface area contributed by atoms with Crippen molar-refractivity contribution in [2.75, 3.05) is 38.2 Å². The van der Waals surface area contributed by atoms with Crippen molar-refractivity contribution in [3.8, 4) is 11.3 Å². The molecule has 7 heteroatoms. The van der Waals surface area contributed by atoms with Gasteiger partial charge in [0, 0.05) is 36.4 Å². The summed E-state index contributed by atoms with van der Waals surface area (Å²) in [6.07, 6.45) is 3.53. The van der Waals surface area contributed by atoms with E-state index in [1.807, 2.05) is 38.5 Å². The molecule has 0 fully saturated rings. The molecule has 0 atom stereocenters. The first-order chi connectivity index (χ1) is 10.6. The summed E-state index contributed by atoms with van der Waals surface area (Å²) >= 11 is 0. The van der Waals surface area contributed by atoms with E-state index in [0.717, 1.165) is 41.2 Å². The Hall–Kier alpha value is -2.67. The third-order valence-electron chi connectivity index (χ3n) is 3.34. The predicted octanol–water partition coefficient (Wildman–Crippen LogP) is 1.58. The maximum atomic E-state index is 5.70. The van der Waals surface area contributed by atoms with E-state index in [9.17, 15) is 0 Å². The second kappa shape index (κ2) is 5.98. The molecule has 3 rings (SSSR count). The molecule has 0 aliphatic heterocycles. The van der Waals surface area contributed by atoms with Crippen LogP contribution >= 0.6 is 0 Å². The summed E-state index contributed by atoms with van der Waals surface area (Å²) in [5, 5.41) is 4.35. The summed E-state index contributed by atoms with van der Waals surface area (Å²) in [5.74, 6) is 1.07. The van der Waals surface area contributed by atoms with Crippen LogP contribution in [0.3, 0.4) is 0 Å². The smallest absolute Gasteiger partial charge is 0.220 e. The van der Waals surface area contributed by atoms with Gasteiger partial charge in [-0.3, -0.25) is 0 Å². The van der Waals surface area contributed by atoms with E-state index < -0.39 is 0 Å². The Bertz CT molecular complexity index is 778. The Morgan fingerprint density at radius 2 is 2.14 bits per heavy atom. The highest BCUT2D eigenvalue weighted by Gasteiger charge is 2.10. The van der Waals surface area contributed by atoms with Gasteiger partial charge in [0.25, 0.3) is 0 Å². The van der Waals surface area contributed by atoms with E-state index in [1.54, 1.807) is 6.20 Å². The van der Waals surface area contributed by atoms with Crippen molar-refractivity contribution in [1.82, 2.24) is 24.8 Å². The minimum atomic E-state index is 0.264. The molecule has 0 unspecified atom stereocenters. The van der Waals surface area contributed by atoms with Crippen LogP contribution in [0.5, 0.6) is 0 Å². The lowest BCUT2D eigenvalue weighted by molar-refractivity contribution is 0.425. The first kappa shape index (κ1) is 14.3. The van der Waals surface area contributed by atoms with Crippen LogP contribution in [0, 0.1) is 0 Å². The molecule has 0 aromatic carbocycles. The molecule has 0 saturated heterocycles. The van der Waals surface area contributed by atoms with Crippen molar-refractivity contribution in [2.45, 2.75) is 0 Å². The van der Waals surface area contributed by atoms with Crippen LogP contribution in [0.15, 0.2) is 30.6 Å². The first-order valence-corrected chi connectivity index (χ1v) is 7.09. The standard InChI is InChI=1S/C15H19N7/c1-22(2)8-7-17-13-9-11(10-3-5-18-14(10)21-13)12-4-6-19-15(16)20-12/h3-6,9H,7-8H2,1-2H3,(H2,16,19,20)(H2,17,18,21). The highest BCUT2D eigenvalue weighted by atomic mass is 15.1. The first-order valence-electron chi connectivity index (χ1n) is 7.09. The number of nitrogen functional groups attached to an aromatic ring is 1. The zero-order valence-corrected chi connectivity index (χ0v) is 12.7. The zero-order valence-electron chi connectivity index (χ0n) is 12.7. The van der Waals surface area contributed by atoms with E-state index in [2.05, 4.69) is 30.2 Å². The van der Waals surface area contributed by atoms with Gasteiger partial charge in [-0.2, -0.15) is 0 Å². The Kier molecular flexibility index (Phi) is 3.88. The number of aromatic nitrogens is 4. The Morgan fingerprint density at radius 1 is 1.27 bits per heavy atom. The molecule has 0 saturated carbocycles. The molecule has 0 aliphatic carbocycles. The van der Waals surface area contributed by atoms with Crippen LogP contribution in [0.4, 0.5) is 11.8 Å². The molecule has 0 radical (unpaired) electrons. The number of likely N-dealkylation sites (N-methyl/N-ethyl adjacent to an activating group) is 1. The van der Waals surface area contributed by atoms with Gasteiger partial charge in [-0.25, -0.2) is 15.0 Å². The van der Waals surface area contributed by atoms with Crippen molar-refractivity contribution in [2.24, 2.45) is 0 Å². The molecule has 0 bridgehead atoms. The lowest BCUT2D eigenvalue weighted by Gasteiger charge is -2.12. The number of rotatable bonds is 5. The number of nitrogens with two attached hydrogens (primary N) is 1. The Morgan fingerprint density at radius 3 is 2.91 bits per heavy atom. The van der Waals surface area contributed by atoms with Crippen molar-refractivity contribution in [3.63, 3.8) is 0 Å². The largest absolute Gasteiger partial charge is 0.369 e. The van der Waals surface area contributed by atoms with Crippen molar-refractivity contribution in [3.05, 3.63) is 30.6 Å². The van der Waals surface area contributed by atoms with Gasteiger partial charge in [-0.15, -0.1) is 0 Å². The minimum absolute atomic E-state index is 0.264. The molecule has 3 heterocycles. The van der Waals surface area contributed by atoms with Gasteiger partial charge in [0.15, 0.2) is 0 Å². The number of H-pyrrole nitrogens is 1. The number of hydrogen-bond acceptors (Lipinski definition) is 6. The SMILES string of the molecule is CN(C)CCNc1cc(-c2ccnc(N)n2)c2cc[nH]c2n1. The summed E-state index contributed by atoms with van der Waals surface area (Å²) in [5.41, 5.74) is 8.29. The normalized spacial score (nSPS) is 11.2. The number of fused-ring (bicyclic) bond motifs is 1. The van der Waals surface area contributed by atoms with Crippen LogP contribution in [-0.4, -0.2) is 52.0 Å². The fraction of sp³-hybridized carbons (Fsp3) is 0.267. The number of nitrogens with one attached hydrogen (secondary N) is 2. The third kappa shape index (κ3) is 2.99. The summed E-state index contributed by atoms with van der Waals surface area (Å²) in [7, 11) is 4.08. The number of hydrogen-bond donors (Lipinski definition) is 3. The highest BCUT2D eigenvalue weighted by molar-refractivity contribution is 5.93. The van der Waals surface area contributed by atoms with Crippen LogP contribution in [0.25, 0.3) is 22.3 Å². The minimum Gasteiger partial charge on any atom is -0.369 e. The average Bonchev–Trinajstić information content (AvgIpc) is 2.94. The summed E-state index contributed by atoms with van der Waals surface area (Å²) in [6.45, 7) is 1.75. The maximum absolute atomic E-state index is 5.70. The second-order valence-corrected chi connectivity index (χ2v) is 5.33. The van der Waals surface area contributed by atoms with Crippen LogP contribution in [-0.2, 0) is 0 Å². The molecule has 0 amide bonds. The molecule has 3 aromatic rings. The van der Waals surface area contributed by atoms with Gasteiger partial charge < -0.3 is 20.9 Å². The number of nitrogens with zero attached hydrogens (tertiary/aromatic N) is 4. The van der Waals surface area contributed by atoms with Gasteiger partial charge >= 0.3 is 0 Å². The fourth-order valence-corrected chi connectivity index (χ4v) is 2.27. The zero-order chi connectivity index (χ0) is 15.5. The van der Waals surface area contributed by atoms with Gasteiger partial charge in [-0.05, 0) is 32.3 Å². The molecule has 3 aromatic heterocycles. The van der Waals surface area contributed by atoms with Crippen LogP contribution in [0.2, 0.25) is 0 Å². The lowest BCUT2D eigenvalue weighted by Crippen LogP contribution is -2.21. The quantitative estimate of drug-likeness (QED) is 0.661. The number of pyridine rings is 1. The number of aromatic amines is 1. The molecule has 0 aliphatic rings. The maximum Gasteiger partial charge on any atom is 0.220 e. The van der Waals surface area contributed by atoms with Gasteiger partial charge in [0.2, 0.25) is 5.95 Å². The lowest BCUT2D eigenvalue weighted by atomic mass is 10.1. The Labute approximate surface area is 128 Å². The predicted molar refractivity (Wildman–Crippen MR) is 88.6 cm³/mol. The molecule has 114 valence electrons. The summed E-state index contributed by atoms with van der Waals surface area (Å²) < 4.78 is 0. The third-order valence-corrected chi connectivity index (χ3v) is 3.34. The molecule has 7 nitrogen and oxygen atoms in total. The highest BCUT2D eigenvalue weighted by Crippen LogP contribution is 2.28. The summed E-state index contributed by atoms with van der Waals surface area (Å²) in [4.78, 5) is 18.1. The van der Waals surface area contributed by atoms with Crippen molar-refractivity contribution < 1.29 is 0 Å². The molecule has 4 N–H and O–H groups in total. The van der Waals surface area contributed by atoms with Crippen molar-refractivity contribution in [1.29, 1.82) is 0 Å². The summed E-state index contributed by atoms with van der Waals surface area (Å²) in [6, 6.07) is 5.83. The van der Waals surface area contributed by atoms with E-state index in [1.165, 1.54) is 0 Å². The molecular weight excluding hydrogens is 278 g/mol. The molecule has 0 spiro atoms. The van der Waals surface area contributed by atoms with Crippen LogP contribution < -0.4 is 11.1 Å². The molecular formula is C15H19N7. The van der Waals surface area contributed by atoms with E-state index in [0.29, 0.717) is 0 Å². The average molecular weight is 297 g/mol. The van der Waals surface area contributed by atoms with E-state index >= 15 is 0 Å².